The van der Waals surface area contributed by atoms with Gasteiger partial charge in [-0.3, -0.25) is 9.69 Å². The molecular weight excluding hydrogens is 314 g/mol. The Morgan fingerprint density at radius 2 is 1.86 bits per heavy atom. The summed E-state index contributed by atoms with van der Waals surface area (Å²) in [5.41, 5.74) is 0. The van der Waals surface area contributed by atoms with Crippen molar-refractivity contribution in [2.75, 3.05) is 58.5 Å². The van der Waals surface area contributed by atoms with Crippen molar-refractivity contribution >= 4 is 27.5 Å². The molecule has 1 aliphatic rings. The highest BCUT2D eigenvalue weighted by molar-refractivity contribution is 7.89. The highest BCUT2D eigenvalue weighted by Crippen LogP contribution is 2.11. The minimum Gasteiger partial charge on any atom is -0.348 e. The van der Waals surface area contributed by atoms with Crippen LogP contribution in [-0.4, -0.2) is 86.9 Å². The molecule has 124 valence electrons. The van der Waals surface area contributed by atoms with Gasteiger partial charge < -0.3 is 4.90 Å². The molecule has 1 fully saturated rings. The molecule has 0 aromatic carbocycles. The van der Waals surface area contributed by atoms with Gasteiger partial charge in [0.15, 0.2) is 0 Å². The number of hydrogen-bond donors (Lipinski definition) is 0. The van der Waals surface area contributed by atoms with E-state index in [0.717, 1.165) is 19.4 Å². The Hall–Kier alpha value is -0.370. The Bertz CT molecular complexity index is 428. The van der Waals surface area contributed by atoms with Gasteiger partial charge in [-0.2, -0.15) is 0 Å². The predicted octanol–water partition coefficient (Wildman–Crippen LogP) is 0.431. The first-order valence-electron chi connectivity index (χ1n) is 7.33. The number of nitrogens with zero attached hydrogens (tertiary/aromatic N) is 3. The summed E-state index contributed by atoms with van der Waals surface area (Å²) >= 11 is 5.58. The van der Waals surface area contributed by atoms with Crippen LogP contribution in [0.5, 0.6) is 0 Å². The van der Waals surface area contributed by atoms with E-state index in [2.05, 4.69) is 0 Å². The van der Waals surface area contributed by atoms with Crippen LogP contribution >= 0.6 is 11.6 Å². The normalized spacial score (nSPS) is 18.4. The second kappa shape index (κ2) is 8.92. The molecule has 0 aromatic heterocycles. The molecule has 0 bridgehead atoms. The van der Waals surface area contributed by atoms with Crippen molar-refractivity contribution in [3.8, 4) is 0 Å². The van der Waals surface area contributed by atoms with Crippen molar-refractivity contribution in [2.24, 2.45) is 0 Å². The molecule has 0 aliphatic carbocycles. The smallest absolute Gasteiger partial charge is 0.236 e. The maximum atomic E-state index is 12.2. The van der Waals surface area contributed by atoms with E-state index < -0.39 is 10.0 Å². The van der Waals surface area contributed by atoms with Crippen molar-refractivity contribution in [3.63, 3.8) is 0 Å². The topological polar surface area (TPSA) is 60.9 Å². The van der Waals surface area contributed by atoms with E-state index in [1.807, 2.05) is 4.90 Å². The molecule has 0 aromatic rings. The number of rotatable bonds is 7. The average molecular weight is 340 g/mol. The Morgan fingerprint density at radius 3 is 2.48 bits per heavy atom. The monoisotopic (exact) mass is 339 g/mol. The molecule has 6 nitrogen and oxygen atoms in total. The van der Waals surface area contributed by atoms with Crippen LogP contribution in [0.25, 0.3) is 0 Å². The molecule has 1 amide bonds. The van der Waals surface area contributed by atoms with E-state index in [1.165, 1.54) is 0 Å². The van der Waals surface area contributed by atoms with Crippen molar-refractivity contribution in [1.29, 1.82) is 0 Å². The molecule has 1 rings (SSSR count). The third kappa shape index (κ3) is 6.50. The number of alkyl halides is 1. The zero-order chi connectivity index (χ0) is 15.9. The van der Waals surface area contributed by atoms with Gasteiger partial charge in [0, 0.05) is 39.6 Å². The van der Waals surface area contributed by atoms with E-state index in [9.17, 15) is 13.2 Å². The van der Waals surface area contributed by atoms with Gasteiger partial charge in [-0.1, -0.05) is 0 Å². The van der Waals surface area contributed by atoms with Gasteiger partial charge in [0.05, 0.1) is 12.3 Å². The Morgan fingerprint density at radius 1 is 1.14 bits per heavy atom. The molecule has 0 atom stereocenters. The van der Waals surface area contributed by atoms with Crippen LogP contribution in [0.2, 0.25) is 0 Å². The molecular formula is C13H26ClN3O3S. The van der Waals surface area contributed by atoms with Crippen LogP contribution in [0.3, 0.4) is 0 Å². The fraction of sp³-hybridized carbons (Fsp3) is 0.923. The zero-order valence-electron chi connectivity index (χ0n) is 12.9. The first-order valence-corrected chi connectivity index (χ1v) is 9.47. The van der Waals surface area contributed by atoms with E-state index in [0.29, 0.717) is 38.5 Å². The number of sulfonamides is 1. The van der Waals surface area contributed by atoms with Crippen LogP contribution in [-0.2, 0) is 14.8 Å². The number of halogens is 1. The molecule has 0 N–H and O–H groups in total. The van der Waals surface area contributed by atoms with E-state index >= 15 is 0 Å². The minimum absolute atomic E-state index is 0.0495. The maximum Gasteiger partial charge on any atom is 0.236 e. The quantitative estimate of drug-likeness (QED) is 0.498. The van der Waals surface area contributed by atoms with Gasteiger partial charge in [-0.05, 0) is 25.8 Å². The molecule has 1 saturated heterocycles. The molecule has 0 saturated carbocycles. The Labute approximate surface area is 133 Å². The number of amides is 1. The predicted molar refractivity (Wildman–Crippen MR) is 85.1 cm³/mol. The van der Waals surface area contributed by atoms with Crippen molar-refractivity contribution in [2.45, 2.75) is 19.3 Å². The zero-order valence-corrected chi connectivity index (χ0v) is 14.5. The van der Waals surface area contributed by atoms with E-state index in [-0.39, 0.29) is 11.7 Å². The summed E-state index contributed by atoms with van der Waals surface area (Å²) in [6, 6.07) is 0. The Balaban J connectivity index is 2.50. The highest BCUT2D eigenvalue weighted by Gasteiger charge is 2.25. The van der Waals surface area contributed by atoms with E-state index in [4.69, 9.17) is 11.6 Å². The fourth-order valence-corrected chi connectivity index (χ4v) is 4.01. The van der Waals surface area contributed by atoms with Crippen LogP contribution in [0.15, 0.2) is 0 Å². The third-order valence-electron chi connectivity index (χ3n) is 3.58. The van der Waals surface area contributed by atoms with Gasteiger partial charge in [0.1, 0.15) is 0 Å². The molecule has 8 heteroatoms. The number of unbranched alkanes of at least 4 members (excludes halogenated alkanes) is 1. The lowest BCUT2D eigenvalue weighted by Gasteiger charge is -2.22. The molecule has 1 heterocycles. The molecule has 1 aliphatic heterocycles. The lowest BCUT2D eigenvalue weighted by atomic mass is 10.4. The number of hydrogen-bond acceptors (Lipinski definition) is 4. The summed E-state index contributed by atoms with van der Waals surface area (Å²) in [7, 11) is 0.265. The largest absolute Gasteiger partial charge is 0.348 e. The van der Waals surface area contributed by atoms with Crippen molar-refractivity contribution in [3.05, 3.63) is 0 Å². The van der Waals surface area contributed by atoms with Crippen LogP contribution in [0, 0.1) is 0 Å². The van der Waals surface area contributed by atoms with Gasteiger partial charge in [-0.15, -0.1) is 11.6 Å². The molecule has 0 radical (unpaired) electrons. The molecule has 21 heavy (non-hydrogen) atoms. The lowest BCUT2D eigenvalue weighted by molar-refractivity contribution is -0.129. The van der Waals surface area contributed by atoms with Gasteiger partial charge in [0.2, 0.25) is 15.9 Å². The van der Waals surface area contributed by atoms with Gasteiger partial charge >= 0.3 is 0 Å². The van der Waals surface area contributed by atoms with Crippen LogP contribution < -0.4 is 0 Å². The molecule has 0 spiro atoms. The fourth-order valence-electron chi connectivity index (χ4n) is 2.22. The summed E-state index contributed by atoms with van der Waals surface area (Å²) in [6.45, 7) is 2.72. The first kappa shape index (κ1) is 18.7. The highest BCUT2D eigenvalue weighted by atomic mass is 35.5. The number of carbonyl (C=O) groups is 1. The SMILES string of the molecule is CN(C)C(=O)CN1CCCN(S(=O)(=O)CCCCCl)CC1. The van der Waals surface area contributed by atoms with Crippen molar-refractivity contribution < 1.29 is 13.2 Å². The van der Waals surface area contributed by atoms with Crippen LogP contribution in [0.4, 0.5) is 0 Å². The number of carbonyl (C=O) groups excluding carboxylic acids is 1. The maximum absolute atomic E-state index is 12.2. The van der Waals surface area contributed by atoms with Gasteiger partial charge in [-0.25, -0.2) is 12.7 Å². The van der Waals surface area contributed by atoms with E-state index in [1.54, 1.807) is 23.3 Å². The Kier molecular flexibility index (Phi) is 7.94. The van der Waals surface area contributed by atoms with Crippen molar-refractivity contribution in [1.82, 2.24) is 14.1 Å². The standard InChI is InChI=1S/C13H26ClN3O3S/c1-15(2)13(18)12-16-7-5-8-17(10-9-16)21(19,20)11-4-3-6-14/h3-12H2,1-2H3. The second-order valence-corrected chi connectivity index (χ2v) is 8.00. The minimum atomic E-state index is -3.19. The first-order chi connectivity index (χ1) is 9.86. The molecule has 0 unspecified atom stereocenters. The third-order valence-corrected chi connectivity index (χ3v) is 5.81. The lowest BCUT2D eigenvalue weighted by Crippen LogP contribution is -2.40. The summed E-state index contributed by atoms with van der Waals surface area (Å²) in [5.74, 6) is 0.708. The number of likely N-dealkylation sites (N-methyl/N-ethyl adjacent to an activating group) is 1. The average Bonchev–Trinajstić information content (AvgIpc) is 2.65. The summed E-state index contributed by atoms with van der Waals surface area (Å²) in [5, 5.41) is 0. The summed E-state index contributed by atoms with van der Waals surface area (Å²) in [4.78, 5) is 15.3. The summed E-state index contributed by atoms with van der Waals surface area (Å²) in [6.07, 6.45) is 2.08. The van der Waals surface area contributed by atoms with Crippen LogP contribution in [0.1, 0.15) is 19.3 Å². The van der Waals surface area contributed by atoms with Gasteiger partial charge in [0.25, 0.3) is 0 Å². The second-order valence-electron chi connectivity index (χ2n) is 5.53. The summed E-state index contributed by atoms with van der Waals surface area (Å²) < 4.78 is 26.0.